The van der Waals surface area contributed by atoms with Crippen LogP contribution in [0, 0.1) is 0 Å². The highest BCUT2D eigenvalue weighted by atomic mass is 15.3. The zero-order valence-corrected chi connectivity index (χ0v) is 13.5. The lowest BCUT2D eigenvalue weighted by Gasteiger charge is -2.39. The SMILES string of the molecule is CCc1ccc(C(CN2CCN3CCCC3C2)NC)cc1. The van der Waals surface area contributed by atoms with Crippen LogP contribution in [0.4, 0.5) is 0 Å². The molecule has 116 valence electrons. The van der Waals surface area contributed by atoms with Crippen LogP contribution < -0.4 is 5.32 Å². The minimum absolute atomic E-state index is 0.448. The van der Waals surface area contributed by atoms with Crippen molar-refractivity contribution in [3.8, 4) is 0 Å². The van der Waals surface area contributed by atoms with E-state index in [1.54, 1.807) is 0 Å². The molecule has 21 heavy (non-hydrogen) atoms. The van der Waals surface area contributed by atoms with E-state index in [0.29, 0.717) is 6.04 Å². The van der Waals surface area contributed by atoms with Crippen molar-refractivity contribution in [3.05, 3.63) is 35.4 Å². The third-order valence-electron chi connectivity index (χ3n) is 5.25. The van der Waals surface area contributed by atoms with Gasteiger partial charge in [0.15, 0.2) is 0 Å². The van der Waals surface area contributed by atoms with Gasteiger partial charge in [0.2, 0.25) is 0 Å². The number of nitrogens with one attached hydrogen (secondary N) is 1. The minimum atomic E-state index is 0.448. The second-order valence-electron chi connectivity index (χ2n) is 6.53. The lowest BCUT2D eigenvalue weighted by Crippen LogP contribution is -2.51. The fourth-order valence-corrected chi connectivity index (χ4v) is 3.83. The smallest absolute Gasteiger partial charge is 0.0446 e. The maximum atomic E-state index is 3.51. The molecule has 2 fully saturated rings. The Kier molecular flexibility index (Phi) is 4.94. The monoisotopic (exact) mass is 287 g/mol. The van der Waals surface area contributed by atoms with E-state index in [9.17, 15) is 0 Å². The highest BCUT2D eigenvalue weighted by molar-refractivity contribution is 5.25. The van der Waals surface area contributed by atoms with Gasteiger partial charge in [-0.25, -0.2) is 0 Å². The number of likely N-dealkylation sites (N-methyl/N-ethyl adjacent to an activating group) is 1. The lowest BCUT2D eigenvalue weighted by atomic mass is 10.0. The number of piperazine rings is 1. The van der Waals surface area contributed by atoms with Gasteiger partial charge in [0, 0.05) is 38.3 Å². The van der Waals surface area contributed by atoms with Crippen LogP contribution >= 0.6 is 0 Å². The second kappa shape index (κ2) is 6.91. The predicted octanol–water partition coefficient (Wildman–Crippen LogP) is 2.29. The number of aryl methyl sites for hydroxylation is 1. The zero-order valence-electron chi connectivity index (χ0n) is 13.5. The number of nitrogens with zero attached hydrogens (tertiary/aromatic N) is 2. The van der Waals surface area contributed by atoms with Crippen LogP contribution in [0.1, 0.15) is 36.9 Å². The summed E-state index contributed by atoms with van der Waals surface area (Å²) in [6, 6.07) is 10.4. The van der Waals surface area contributed by atoms with Crippen molar-refractivity contribution >= 4 is 0 Å². The van der Waals surface area contributed by atoms with Gasteiger partial charge in [-0.15, -0.1) is 0 Å². The molecule has 0 bridgehead atoms. The summed E-state index contributed by atoms with van der Waals surface area (Å²) in [7, 11) is 2.09. The van der Waals surface area contributed by atoms with Crippen molar-refractivity contribution in [1.29, 1.82) is 0 Å². The summed E-state index contributed by atoms with van der Waals surface area (Å²) in [5.74, 6) is 0. The number of rotatable bonds is 5. The molecule has 0 spiro atoms. The van der Waals surface area contributed by atoms with Crippen molar-refractivity contribution < 1.29 is 0 Å². The van der Waals surface area contributed by atoms with Crippen LogP contribution in [-0.2, 0) is 6.42 Å². The average Bonchev–Trinajstić information content (AvgIpc) is 3.00. The van der Waals surface area contributed by atoms with Crippen molar-refractivity contribution in [2.24, 2.45) is 0 Å². The molecule has 2 saturated heterocycles. The lowest BCUT2D eigenvalue weighted by molar-refractivity contribution is 0.0971. The van der Waals surface area contributed by atoms with E-state index < -0.39 is 0 Å². The molecule has 1 aromatic rings. The van der Waals surface area contributed by atoms with Gasteiger partial charge in [-0.1, -0.05) is 31.2 Å². The minimum Gasteiger partial charge on any atom is -0.312 e. The summed E-state index contributed by atoms with van der Waals surface area (Å²) in [6.45, 7) is 8.41. The standard InChI is InChI=1S/C18H29N3/c1-3-15-6-8-16(9-7-15)18(19-2)14-20-11-12-21-10-4-5-17(21)13-20/h6-9,17-19H,3-5,10-14H2,1-2H3. The molecule has 2 unspecified atom stereocenters. The van der Waals surface area contributed by atoms with Crippen molar-refractivity contribution in [1.82, 2.24) is 15.1 Å². The number of hydrogen-bond acceptors (Lipinski definition) is 3. The van der Waals surface area contributed by atoms with Gasteiger partial charge in [-0.05, 0) is 44.0 Å². The highest BCUT2D eigenvalue weighted by Crippen LogP contribution is 2.23. The molecule has 2 aliphatic heterocycles. The van der Waals surface area contributed by atoms with Gasteiger partial charge < -0.3 is 5.32 Å². The van der Waals surface area contributed by atoms with E-state index in [0.717, 1.165) is 19.0 Å². The van der Waals surface area contributed by atoms with Gasteiger partial charge in [0.1, 0.15) is 0 Å². The van der Waals surface area contributed by atoms with E-state index >= 15 is 0 Å². The average molecular weight is 287 g/mol. The molecule has 0 amide bonds. The van der Waals surface area contributed by atoms with Crippen molar-refractivity contribution in [3.63, 3.8) is 0 Å². The fourth-order valence-electron chi connectivity index (χ4n) is 3.83. The zero-order chi connectivity index (χ0) is 14.7. The quantitative estimate of drug-likeness (QED) is 0.896. The van der Waals surface area contributed by atoms with Gasteiger partial charge >= 0.3 is 0 Å². The Hall–Kier alpha value is -0.900. The maximum absolute atomic E-state index is 3.51. The molecule has 0 radical (unpaired) electrons. The molecular weight excluding hydrogens is 258 g/mol. The topological polar surface area (TPSA) is 18.5 Å². The van der Waals surface area contributed by atoms with E-state index in [1.165, 1.54) is 50.1 Å². The highest BCUT2D eigenvalue weighted by Gasteiger charge is 2.31. The Balaban J connectivity index is 1.61. The van der Waals surface area contributed by atoms with Crippen LogP contribution in [0.3, 0.4) is 0 Å². The number of hydrogen-bond donors (Lipinski definition) is 1. The van der Waals surface area contributed by atoms with Gasteiger partial charge in [0.05, 0.1) is 0 Å². The Morgan fingerprint density at radius 1 is 1.19 bits per heavy atom. The first-order valence-corrected chi connectivity index (χ1v) is 8.52. The van der Waals surface area contributed by atoms with Crippen molar-refractivity contribution in [2.75, 3.05) is 39.8 Å². The molecule has 3 rings (SSSR count). The van der Waals surface area contributed by atoms with E-state index in [4.69, 9.17) is 0 Å². The Morgan fingerprint density at radius 2 is 2.00 bits per heavy atom. The third kappa shape index (κ3) is 3.47. The maximum Gasteiger partial charge on any atom is 0.0446 e. The first kappa shape index (κ1) is 15.0. The first-order valence-electron chi connectivity index (χ1n) is 8.52. The normalized spacial score (nSPS) is 25.0. The third-order valence-corrected chi connectivity index (χ3v) is 5.25. The molecular formula is C18H29N3. The largest absolute Gasteiger partial charge is 0.312 e. The second-order valence-corrected chi connectivity index (χ2v) is 6.53. The molecule has 0 aromatic heterocycles. The van der Waals surface area contributed by atoms with Crippen LogP contribution in [0.5, 0.6) is 0 Å². The number of fused-ring (bicyclic) bond motifs is 1. The summed E-state index contributed by atoms with van der Waals surface area (Å²) < 4.78 is 0. The molecule has 0 aliphatic carbocycles. The van der Waals surface area contributed by atoms with Gasteiger partial charge in [0.25, 0.3) is 0 Å². The molecule has 1 N–H and O–H groups in total. The Bertz CT molecular complexity index is 442. The molecule has 1 aromatic carbocycles. The van der Waals surface area contributed by atoms with Crippen LogP contribution in [0.15, 0.2) is 24.3 Å². The molecule has 0 saturated carbocycles. The molecule has 2 aliphatic rings. The van der Waals surface area contributed by atoms with Crippen LogP contribution in [0.2, 0.25) is 0 Å². The summed E-state index contributed by atoms with van der Waals surface area (Å²) in [5.41, 5.74) is 2.84. The Labute approximate surface area is 129 Å². The van der Waals surface area contributed by atoms with E-state index in [-0.39, 0.29) is 0 Å². The first-order chi connectivity index (χ1) is 10.3. The Morgan fingerprint density at radius 3 is 2.71 bits per heavy atom. The summed E-state index contributed by atoms with van der Waals surface area (Å²) in [6.07, 6.45) is 3.91. The van der Waals surface area contributed by atoms with Crippen LogP contribution in [0.25, 0.3) is 0 Å². The number of benzene rings is 1. The predicted molar refractivity (Wildman–Crippen MR) is 88.7 cm³/mol. The molecule has 3 heteroatoms. The summed E-state index contributed by atoms with van der Waals surface area (Å²) >= 11 is 0. The molecule has 2 atom stereocenters. The molecule has 3 nitrogen and oxygen atoms in total. The summed E-state index contributed by atoms with van der Waals surface area (Å²) in [4.78, 5) is 5.34. The van der Waals surface area contributed by atoms with E-state index in [2.05, 4.69) is 53.4 Å². The fraction of sp³-hybridized carbons (Fsp3) is 0.667. The summed E-state index contributed by atoms with van der Waals surface area (Å²) in [5, 5.41) is 3.51. The molecule has 2 heterocycles. The van der Waals surface area contributed by atoms with E-state index in [1.807, 2.05) is 0 Å². The van der Waals surface area contributed by atoms with Gasteiger partial charge in [-0.3, -0.25) is 9.80 Å². The van der Waals surface area contributed by atoms with Crippen molar-refractivity contribution in [2.45, 2.75) is 38.3 Å². The van der Waals surface area contributed by atoms with Crippen LogP contribution in [-0.4, -0.2) is 55.6 Å². The van der Waals surface area contributed by atoms with Gasteiger partial charge in [-0.2, -0.15) is 0 Å².